The molecule has 0 fully saturated rings. The molecule has 0 aromatic heterocycles. The van der Waals surface area contributed by atoms with Crippen molar-refractivity contribution < 1.29 is 18.4 Å². The summed E-state index contributed by atoms with van der Waals surface area (Å²) >= 11 is 0. The first-order valence-electron chi connectivity index (χ1n) is 6.56. The third kappa shape index (κ3) is 3.00. The van der Waals surface area contributed by atoms with Crippen LogP contribution in [0.4, 0.5) is 14.5 Å². The number of fused-ring (bicyclic) bond motifs is 1. The van der Waals surface area contributed by atoms with Gasteiger partial charge >= 0.3 is 0 Å². The SMILES string of the molecule is C=C(CNC(C)C)CN1C(=O)C(=O)c2c(F)cc(F)cc21. The van der Waals surface area contributed by atoms with E-state index in [1.165, 1.54) is 0 Å². The van der Waals surface area contributed by atoms with Crippen LogP contribution in [0, 0.1) is 11.6 Å². The van der Waals surface area contributed by atoms with Gasteiger partial charge in [0.2, 0.25) is 0 Å². The van der Waals surface area contributed by atoms with Crippen molar-refractivity contribution in [3.63, 3.8) is 0 Å². The third-order valence-electron chi connectivity index (χ3n) is 3.13. The molecule has 0 spiro atoms. The van der Waals surface area contributed by atoms with Crippen LogP contribution >= 0.6 is 0 Å². The zero-order valence-corrected chi connectivity index (χ0v) is 11.9. The number of rotatable bonds is 5. The second-order valence-electron chi connectivity index (χ2n) is 5.29. The summed E-state index contributed by atoms with van der Waals surface area (Å²) in [5.41, 5.74) is 0.238. The quantitative estimate of drug-likeness (QED) is 0.668. The Labute approximate surface area is 121 Å². The van der Waals surface area contributed by atoms with Gasteiger partial charge in [0.15, 0.2) is 0 Å². The van der Waals surface area contributed by atoms with Crippen LogP contribution in [0.5, 0.6) is 0 Å². The van der Waals surface area contributed by atoms with Crippen LogP contribution in [0.3, 0.4) is 0 Å². The summed E-state index contributed by atoms with van der Waals surface area (Å²) < 4.78 is 27.0. The Balaban J connectivity index is 2.25. The van der Waals surface area contributed by atoms with Crippen LogP contribution in [0.2, 0.25) is 0 Å². The highest BCUT2D eigenvalue weighted by molar-refractivity contribution is 6.52. The van der Waals surface area contributed by atoms with E-state index in [0.717, 1.165) is 11.0 Å². The number of benzene rings is 1. The lowest BCUT2D eigenvalue weighted by atomic mass is 10.1. The van der Waals surface area contributed by atoms with Gasteiger partial charge in [0, 0.05) is 25.2 Å². The van der Waals surface area contributed by atoms with Gasteiger partial charge in [-0.15, -0.1) is 0 Å². The number of nitrogens with zero attached hydrogens (tertiary/aromatic N) is 1. The van der Waals surface area contributed by atoms with Crippen molar-refractivity contribution in [1.29, 1.82) is 0 Å². The topological polar surface area (TPSA) is 49.4 Å². The molecule has 1 aromatic rings. The largest absolute Gasteiger partial charge is 0.311 e. The number of Topliss-reactive ketones (excluding diaryl/α,β-unsaturated/α-hetero) is 1. The molecule has 1 aliphatic rings. The van der Waals surface area contributed by atoms with Gasteiger partial charge in [0.05, 0.1) is 11.3 Å². The molecule has 0 saturated carbocycles. The molecule has 0 bridgehead atoms. The predicted molar refractivity (Wildman–Crippen MR) is 75.3 cm³/mol. The van der Waals surface area contributed by atoms with Crippen LogP contribution in [0.15, 0.2) is 24.3 Å². The smallest absolute Gasteiger partial charge is 0.299 e. The third-order valence-corrected chi connectivity index (χ3v) is 3.13. The molecule has 6 heteroatoms. The number of amides is 1. The summed E-state index contributed by atoms with van der Waals surface area (Å²) in [4.78, 5) is 24.8. The highest BCUT2D eigenvalue weighted by atomic mass is 19.1. The van der Waals surface area contributed by atoms with E-state index in [-0.39, 0.29) is 23.8 Å². The molecule has 0 saturated heterocycles. The van der Waals surface area contributed by atoms with Crippen LogP contribution in [0.25, 0.3) is 0 Å². The lowest BCUT2D eigenvalue weighted by molar-refractivity contribution is -0.114. The van der Waals surface area contributed by atoms with Crippen molar-refractivity contribution in [3.8, 4) is 0 Å². The fourth-order valence-electron chi connectivity index (χ4n) is 2.12. The van der Waals surface area contributed by atoms with Gasteiger partial charge in [-0.05, 0) is 11.6 Å². The Morgan fingerprint density at radius 3 is 2.62 bits per heavy atom. The van der Waals surface area contributed by atoms with Crippen LogP contribution in [-0.4, -0.2) is 30.8 Å². The predicted octanol–water partition coefficient (Wildman–Crippen LogP) is 2.05. The Morgan fingerprint density at radius 2 is 2.00 bits per heavy atom. The van der Waals surface area contributed by atoms with Gasteiger partial charge in [-0.25, -0.2) is 8.78 Å². The minimum absolute atomic E-state index is 0.0341. The fourth-order valence-corrected chi connectivity index (χ4v) is 2.12. The van der Waals surface area contributed by atoms with Crippen LogP contribution in [-0.2, 0) is 4.79 Å². The number of anilines is 1. The lowest BCUT2D eigenvalue weighted by Crippen LogP contribution is -2.34. The molecule has 1 aliphatic heterocycles. The zero-order valence-electron chi connectivity index (χ0n) is 11.9. The normalized spacial score (nSPS) is 14.0. The zero-order chi connectivity index (χ0) is 15.7. The van der Waals surface area contributed by atoms with Crippen LogP contribution < -0.4 is 10.2 Å². The standard InChI is InChI=1S/C15H16F2N2O2/c1-8(2)18-6-9(3)7-19-12-5-10(16)4-11(17)13(12)14(20)15(19)21/h4-5,8,18H,3,6-7H2,1-2H3. The highest BCUT2D eigenvalue weighted by Gasteiger charge is 2.38. The van der Waals surface area contributed by atoms with Crippen LogP contribution in [0.1, 0.15) is 24.2 Å². The summed E-state index contributed by atoms with van der Waals surface area (Å²) in [7, 11) is 0. The molecule has 1 aromatic carbocycles. The van der Waals surface area contributed by atoms with Gasteiger partial charge in [0.1, 0.15) is 11.6 Å². The summed E-state index contributed by atoms with van der Waals surface area (Å²) in [5, 5.41) is 3.12. The Kier molecular flexibility index (Phi) is 4.18. The maximum Gasteiger partial charge on any atom is 0.299 e. The van der Waals surface area contributed by atoms with Crippen molar-refractivity contribution in [2.24, 2.45) is 0 Å². The number of hydrogen-bond donors (Lipinski definition) is 1. The lowest BCUT2D eigenvalue weighted by Gasteiger charge is -2.19. The van der Waals surface area contributed by atoms with Gasteiger partial charge in [-0.3, -0.25) is 9.59 Å². The second-order valence-corrected chi connectivity index (χ2v) is 5.29. The van der Waals surface area contributed by atoms with Crippen molar-refractivity contribution in [3.05, 3.63) is 41.5 Å². The number of nitrogens with one attached hydrogen (secondary N) is 1. The van der Waals surface area contributed by atoms with E-state index in [2.05, 4.69) is 11.9 Å². The van der Waals surface area contributed by atoms with E-state index in [0.29, 0.717) is 18.2 Å². The first kappa shape index (κ1) is 15.3. The highest BCUT2D eigenvalue weighted by Crippen LogP contribution is 2.32. The molecule has 4 nitrogen and oxygen atoms in total. The maximum absolute atomic E-state index is 13.7. The molecule has 2 rings (SSSR count). The molecule has 1 N–H and O–H groups in total. The summed E-state index contributed by atoms with van der Waals surface area (Å²) in [5.74, 6) is -3.66. The molecule has 1 amide bonds. The molecule has 21 heavy (non-hydrogen) atoms. The van der Waals surface area contributed by atoms with Gasteiger partial charge < -0.3 is 10.2 Å². The number of hydrogen-bond acceptors (Lipinski definition) is 3. The average Bonchev–Trinajstić information content (AvgIpc) is 2.61. The van der Waals surface area contributed by atoms with E-state index in [1.54, 1.807) is 0 Å². The van der Waals surface area contributed by atoms with E-state index in [4.69, 9.17) is 0 Å². The molecule has 0 radical (unpaired) electrons. The molecule has 112 valence electrons. The number of carbonyl (C=O) groups is 2. The molecular formula is C15H16F2N2O2. The Morgan fingerprint density at radius 1 is 1.33 bits per heavy atom. The Bertz CT molecular complexity index is 626. The minimum Gasteiger partial charge on any atom is -0.311 e. The minimum atomic E-state index is -1.02. The first-order chi connectivity index (χ1) is 9.81. The van der Waals surface area contributed by atoms with E-state index < -0.39 is 23.3 Å². The van der Waals surface area contributed by atoms with Gasteiger partial charge in [0.25, 0.3) is 11.7 Å². The molecule has 0 atom stereocenters. The van der Waals surface area contributed by atoms with Crippen molar-refractivity contribution in [2.75, 3.05) is 18.0 Å². The summed E-state index contributed by atoms with van der Waals surface area (Å²) in [6.45, 7) is 8.21. The fraction of sp³-hybridized carbons (Fsp3) is 0.333. The summed E-state index contributed by atoms with van der Waals surface area (Å²) in [6.07, 6.45) is 0. The second kappa shape index (κ2) is 5.73. The summed E-state index contributed by atoms with van der Waals surface area (Å²) in [6, 6.07) is 1.83. The monoisotopic (exact) mass is 294 g/mol. The molecular weight excluding hydrogens is 278 g/mol. The number of ketones is 1. The van der Waals surface area contributed by atoms with Crippen molar-refractivity contribution >= 4 is 17.4 Å². The van der Waals surface area contributed by atoms with Gasteiger partial charge in [-0.1, -0.05) is 20.4 Å². The van der Waals surface area contributed by atoms with E-state index in [1.807, 2.05) is 13.8 Å². The van der Waals surface area contributed by atoms with Gasteiger partial charge in [-0.2, -0.15) is 0 Å². The molecule has 0 aliphatic carbocycles. The number of carbonyl (C=O) groups excluding carboxylic acids is 2. The van der Waals surface area contributed by atoms with Crippen molar-refractivity contribution in [1.82, 2.24) is 5.32 Å². The molecule has 0 unspecified atom stereocenters. The Hall–Kier alpha value is -2.08. The average molecular weight is 294 g/mol. The van der Waals surface area contributed by atoms with E-state index in [9.17, 15) is 18.4 Å². The maximum atomic E-state index is 13.7. The van der Waals surface area contributed by atoms with E-state index >= 15 is 0 Å². The van der Waals surface area contributed by atoms with Crippen molar-refractivity contribution in [2.45, 2.75) is 19.9 Å². The number of halogens is 2. The molecule has 1 heterocycles. The first-order valence-corrected chi connectivity index (χ1v) is 6.56.